The van der Waals surface area contributed by atoms with Crippen LogP contribution in [-0.4, -0.2) is 24.7 Å². The minimum absolute atomic E-state index is 0.0726. The first-order valence-electron chi connectivity index (χ1n) is 10.9. The van der Waals surface area contributed by atoms with Crippen LogP contribution in [0.2, 0.25) is 0 Å². The normalized spacial score (nSPS) is 19.1. The number of piperidine rings is 1. The molecule has 1 fully saturated rings. The van der Waals surface area contributed by atoms with Gasteiger partial charge in [-0.15, -0.1) is 0 Å². The van der Waals surface area contributed by atoms with Gasteiger partial charge in [0.15, 0.2) is 0 Å². The van der Waals surface area contributed by atoms with Crippen LogP contribution in [0, 0.1) is 11.8 Å². The van der Waals surface area contributed by atoms with E-state index >= 15 is 0 Å². The molecule has 30 heavy (non-hydrogen) atoms. The molecule has 0 saturated carbocycles. The van der Waals surface area contributed by atoms with Crippen LogP contribution in [0.15, 0.2) is 53.3 Å². The van der Waals surface area contributed by atoms with E-state index in [4.69, 9.17) is 4.74 Å². The second kappa shape index (κ2) is 8.82. The Morgan fingerprint density at radius 3 is 2.50 bits per heavy atom. The number of hydrogen-bond acceptors (Lipinski definition) is 4. The topological polar surface area (TPSA) is 57.4 Å². The lowest BCUT2D eigenvalue weighted by molar-refractivity contribution is 0.340. The molecule has 2 atom stereocenters. The first kappa shape index (κ1) is 20.3. The molecule has 0 radical (unpaired) electrons. The summed E-state index contributed by atoms with van der Waals surface area (Å²) in [5.74, 6) is 2.23. The van der Waals surface area contributed by atoms with E-state index in [1.165, 1.54) is 12.1 Å². The molecule has 0 aliphatic carbocycles. The summed E-state index contributed by atoms with van der Waals surface area (Å²) in [5, 5.41) is 4.38. The van der Waals surface area contributed by atoms with Crippen molar-refractivity contribution in [2.45, 2.75) is 33.7 Å². The third kappa shape index (κ3) is 4.61. The molecule has 1 aliphatic rings. The van der Waals surface area contributed by atoms with Gasteiger partial charge in [-0.2, -0.15) is 0 Å². The van der Waals surface area contributed by atoms with Gasteiger partial charge in [-0.3, -0.25) is 4.79 Å². The van der Waals surface area contributed by atoms with Crippen molar-refractivity contribution in [3.63, 3.8) is 0 Å². The fraction of sp³-hybridized carbons (Fsp3) is 0.400. The van der Waals surface area contributed by atoms with Gasteiger partial charge in [-0.25, -0.2) is 0 Å². The zero-order valence-electron chi connectivity index (χ0n) is 18.1. The Balaban J connectivity index is 1.44. The van der Waals surface area contributed by atoms with E-state index in [1.807, 2.05) is 31.2 Å². The standard InChI is InChI=1S/C25H31N3O2/c1-4-30-23-10-5-19-12-20(25(29)27-24(19)13-23)14-26-21-6-8-22(9-7-21)28-15-17(2)11-18(3)16-28/h5-10,12-13,17-18,26H,4,11,14-16H2,1-3H3,(H,27,29)/t17-,18-/m1/s1. The molecule has 1 aromatic heterocycles. The van der Waals surface area contributed by atoms with Crippen LogP contribution in [0.5, 0.6) is 5.75 Å². The Labute approximate surface area is 178 Å². The lowest BCUT2D eigenvalue weighted by atomic mass is 9.91. The SMILES string of the molecule is CCOc1ccc2cc(CNc3ccc(N4C[C@H](C)C[C@@H](C)C4)cc3)c(=O)[nH]c2c1. The molecule has 5 heteroatoms. The van der Waals surface area contributed by atoms with Crippen LogP contribution in [0.1, 0.15) is 32.8 Å². The summed E-state index contributed by atoms with van der Waals surface area (Å²) in [6, 6.07) is 16.3. The van der Waals surface area contributed by atoms with Gasteiger partial charge in [-0.1, -0.05) is 13.8 Å². The van der Waals surface area contributed by atoms with Crippen molar-refractivity contribution < 1.29 is 4.74 Å². The van der Waals surface area contributed by atoms with Crippen LogP contribution >= 0.6 is 0 Å². The highest BCUT2D eigenvalue weighted by atomic mass is 16.5. The number of hydrogen-bond donors (Lipinski definition) is 2. The Bertz CT molecular complexity index is 1050. The summed E-state index contributed by atoms with van der Waals surface area (Å²) in [6.07, 6.45) is 1.31. The number of pyridine rings is 1. The van der Waals surface area contributed by atoms with Crippen molar-refractivity contribution >= 4 is 22.3 Å². The maximum absolute atomic E-state index is 12.5. The van der Waals surface area contributed by atoms with Gasteiger partial charge in [0.25, 0.3) is 5.56 Å². The average molecular weight is 406 g/mol. The maximum atomic E-state index is 12.5. The molecule has 4 rings (SSSR count). The Hall–Kier alpha value is -2.95. The van der Waals surface area contributed by atoms with E-state index in [-0.39, 0.29) is 5.56 Å². The van der Waals surface area contributed by atoms with E-state index < -0.39 is 0 Å². The molecule has 1 saturated heterocycles. The molecular weight excluding hydrogens is 374 g/mol. The molecule has 0 spiro atoms. The van der Waals surface area contributed by atoms with Crippen LogP contribution in [0.4, 0.5) is 11.4 Å². The van der Waals surface area contributed by atoms with Crippen molar-refractivity contribution in [3.8, 4) is 5.75 Å². The van der Waals surface area contributed by atoms with E-state index in [2.05, 4.69) is 53.3 Å². The van der Waals surface area contributed by atoms with Crippen LogP contribution in [0.3, 0.4) is 0 Å². The number of ether oxygens (including phenoxy) is 1. The van der Waals surface area contributed by atoms with Gasteiger partial charge < -0.3 is 19.9 Å². The maximum Gasteiger partial charge on any atom is 0.253 e. The number of fused-ring (bicyclic) bond motifs is 1. The lowest BCUT2D eigenvalue weighted by Gasteiger charge is -2.36. The number of nitrogens with zero attached hydrogens (tertiary/aromatic N) is 1. The Morgan fingerprint density at radius 2 is 1.80 bits per heavy atom. The van der Waals surface area contributed by atoms with Gasteiger partial charge >= 0.3 is 0 Å². The molecule has 3 aromatic rings. The monoisotopic (exact) mass is 405 g/mol. The molecule has 2 N–H and O–H groups in total. The second-order valence-electron chi connectivity index (χ2n) is 8.56. The third-order valence-corrected chi connectivity index (χ3v) is 5.79. The van der Waals surface area contributed by atoms with Crippen molar-refractivity contribution in [2.75, 3.05) is 29.9 Å². The fourth-order valence-electron chi connectivity index (χ4n) is 4.47. The minimum atomic E-state index is -0.0726. The summed E-state index contributed by atoms with van der Waals surface area (Å²) in [7, 11) is 0. The third-order valence-electron chi connectivity index (χ3n) is 5.79. The van der Waals surface area contributed by atoms with Crippen LogP contribution in [0.25, 0.3) is 10.9 Å². The van der Waals surface area contributed by atoms with E-state index in [0.717, 1.165) is 52.8 Å². The van der Waals surface area contributed by atoms with Gasteiger partial charge in [0.1, 0.15) is 5.75 Å². The number of rotatable bonds is 6. The molecule has 0 amide bonds. The highest BCUT2D eigenvalue weighted by Crippen LogP contribution is 2.27. The molecule has 5 nitrogen and oxygen atoms in total. The summed E-state index contributed by atoms with van der Waals surface area (Å²) in [5.41, 5.74) is 3.73. The predicted molar refractivity (Wildman–Crippen MR) is 125 cm³/mol. The smallest absolute Gasteiger partial charge is 0.253 e. The van der Waals surface area contributed by atoms with Crippen molar-refractivity contribution in [1.82, 2.24) is 4.98 Å². The van der Waals surface area contributed by atoms with Crippen molar-refractivity contribution in [3.05, 3.63) is 64.4 Å². The molecular formula is C25H31N3O2. The molecule has 0 unspecified atom stereocenters. The van der Waals surface area contributed by atoms with Gasteiger partial charge in [0.2, 0.25) is 0 Å². The molecule has 0 bridgehead atoms. The van der Waals surface area contributed by atoms with E-state index in [9.17, 15) is 4.79 Å². The zero-order chi connectivity index (χ0) is 21.1. The van der Waals surface area contributed by atoms with E-state index in [0.29, 0.717) is 13.2 Å². The Morgan fingerprint density at radius 1 is 1.07 bits per heavy atom. The predicted octanol–water partition coefficient (Wildman–Crippen LogP) is 5.02. The second-order valence-corrected chi connectivity index (χ2v) is 8.56. The zero-order valence-corrected chi connectivity index (χ0v) is 18.1. The number of aromatic nitrogens is 1. The number of anilines is 2. The number of H-pyrrole nitrogens is 1. The molecule has 1 aliphatic heterocycles. The molecule has 2 aromatic carbocycles. The first-order chi connectivity index (χ1) is 14.5. The Kier molecular flexibility index (Phi) is 5.98. The van der Waals surface area contributed by atoms with Crippen molar-refractivity contribution in [2.24, 2.45) is 11.8 Å². The lowest BCUT2D eigenvalue weighted by Crippen LogP contribution is -2.38. The molecule has 2 heterocycles. The summed E-state index contributed by atoms with van der Waals surface area (Å²) in [6.45, 7) is 9.93. The number of aromatic amines is 1. The average Bonchev–Trinajstić information content (AvgIpc) is 2.72. The highest BCUT2D eigenvalue weighted by Gasteiger charge is 2.21. The number of nitrogens with one attached hydrogen (secondary N) is 2. The van der Waals surface area contributed by atoms with Crippen LogP contribution < -0.4 is 20.5 Å². The fourth-order valence-corrected chi connectivity index (χ4v) is 4.47. The van der Waals surface area contributed by atoms with Crippen LogP contribution in [-0.2, 0) is 6.54 Å². The summed E-state index contributed by atoms with van der Waals surface area (Å²) in [4.78, 5) is 18.0. The summed E-state index contributed by atoms with van der Waals surface area (Å²) >= 11 is 0. The van der Waals surface area contributed by atoms with Gasteiger partial charge in [0, 0.05) is 42.6 Å². The molecule has 158 valence electrons. The van der Waals surface area contributed by atoms with E-state index in [1.54, 1.807) is 0 Å². The van der Waals surface area contributed by atoms with Crippen molar-refractivity contribution in [1.29, 1.82) is 0 Å². The minimum Gasteiger partial charge on any atom is -0.494 e. The quantitative estimate of drug-likeness (QED) is 0.604. The number of benzene rings is 2. The largest absolute Gasteiger partial charge is 0.494 e. The first-order valence-corrected chi connectivity index (χ1v) is 10.9. The highest BCUT2D eigenvalue weighted by molar-refractivity contribution is 5.80. The van der Waals surface area contributed by atoms with Gasteiger partial charge in [-0.05, 0) is 73.0 Å². The summed E-state index contributed by atoms with van der Waals surface area (Å²) < 4.78 is 5.52. The van der Waals surface area contributed by atoms with Gasteiger partial charge in [0.05, 0.1) is 12.1 Å².